The van der Waals surface area contributed by atoms with E-state index in [0.29, 0.717) is 11.7 Å². The average Bonchev–Trinajstić information content (AvgIpc) is 2.75. The summed E-state index contributed by atoms with van der Waals surface area (Å²) < 4.78 is 5.11. The van der Waals surface area contributed by atoms with Crippen LogP contribution in [0.5, 0.6) is 11.5 Å². The molecule has 0 bridgehead atoms. The van der Waals surface area contributed by atoms with E-state index >= 15 is 0 Å². The van der Waals surface area contributed by atoms with Crippen LogP contribution < -0.4 is 15.2 Å². The van der Waals surface area contributed by atoms with Crippen molar-refractivity contribution in [1.82, 2.24) is 14.9 Å². The molecule has 2 saturated heterocycles. The lowest BCUT2D eigenvalue weighted by Gasteiger charge is -2.32. The molecule has 0 radical (unpaired) electrons. The summed E-state index contributed by atoms with van der Waals surface area (Å²) in [7, 11) is 1.55. The summed E-state index contributed by atoms with van der Waals surface area (Å²) in [6, 6.07) is 7.25. The minimum absolute atomic E-state index is 0.0493. The number of hydrogen-bond acceptors (Lipinski definition) is 6. The number of aromatic nitrogens is 2. The van der Waals surface area contributed by atoms with Gasteiger partial charge in [-0.15, -0.1) is 0 Å². The number of anilines is 1. The van der Waals surface area contributed by atoms with Crippen molar-refractivity contribution in [3.63, 3.8) is 0 Å². The zero-order valence-electron chi connectivity index (χ0n) is 17.1. The largest absolute Gasteiger partial charge is 0.504 e. The van der Waals surface area contributed by atoms with Crippen molar-refractivity contribution >= 4 is 5.95 Å². The fraction of sp³-hybridized carbons (Fsp3) is 0.545. The van der Waals surface area contributed by atoms with Gasteiger partial charge in [0, 0.05) is 31.6 Å². The maximum atomic E-state index is 12.2. The first kappa shape index (κ1) is 19.8. The lowest BCUT2D eigenvalue weighted by atomic mass is 9.93. The summed E-state index contributed by atoms with van der Waals surface area (Å²) in [5.41, 5.74) is 1.95. The molecule has 0 aliphatic carbocycles. The molecule has 0 saturated carbocycles. The van der Waals surface area contributed by atoms with E-state index in [1.807, 2.05) is 6.07 Å². The van der Waals surface area contributed by atoms with Crippen LogP contribution in [0.1, 0.15) is 49.3 Å². The van der Waals surface area contributed by atoms with Crippen LogP contribution in [0.4, 0.5) is 5.95 Å². The number of H-pyrrole nitrogens is 1. The Kier molecular flexibility index (Phi) is 6.04. The van der Waals surface area contributed by atoms with Gasteiger partial charge in [0.05, 0.1) is 12.8 Å². The topological polar surface area (TPSA) is 81.7 Å². The van der Waals surface area contributed by atoms with Gasteiger partial charge in [-0.25, -0.2) is 4.98 Å². The normalized spacial score (nSPS) is 18.7. The van der Waals surface area contributed by atoms with Gasteiger partial charge in [0.15, 0.2) is 11.5 Å². The lowest BCUT2D eigenvalue weighted by molar-refractivity contribution is 0.203. The van der Waals surface area contributed by atoms with Crippen molar-refractivity contribution in [2.45, 2.75) is 44.6 Å². The summed E-state index contributed by atoms with van der Waals surface area (Å²) >= 11 is 0. The molecule has 2 aromatic rings. The highest BCUT2D eigenvalue weighted by Gasteiger charge is 2.24. The van der Waals surface area contributed by atoms with E-state index in [4.69, 9.17) is 9.72 Å². The Morgan fingerprint density at radius 2 is 1.90 bits per heavy atom. The summed E-state index contributed by atoms with van der Waals surface area (Å²) in [5, 5.41) is 9.98. The molecule has 0 atom stereocenters. The fourth-order valence-electron chi connectivity index (χ4n) is 4.41. The average molecular weight is 399 g/mol. The number of aromatic hydroxyl groups is 1. The van der Waals surface area contributed by atoms with Gasteiger partial charge < -0.3 is 14.7 Å². The Bertz CT molecular complexity index is 884. The third kappa shape index (κ3) is 4.72. The molecular weight excluding hydrogens is 368 g/mol. The number of likely N-dealkylation sites (tertiary alicyclic amines) is 1. The van der Waals surface area contributed by atoms with Gasteiger partial charge in [-0.2, -0.15) is 0 Å². The van der Waals surface area contributed by atoms with E-state index in [2.05, 4.69) is 14.8 Å². The molecule has 156 valence electrons. The smallest absolute Gasteiger partial charge is 0.252 e. The monoisotopic (exact) mass is 398 g/mol. The van der Waals surface area contributed by atoms with Crippen LogP contribution in [0.2, 0.25) is 0 Å². The van der Waals surface area contributed by atoms with E-state index in [1.165, 1.54) is 6.42 Å². The van der Waals surface area contributed by atoms with Crippen molar-refractivity contribution < 1.29 is 9.84 Å². The summed E-state index contributed by atoms with van der Waals surface area (Å²) in [6.45, 7) is 4.64. The number of aromatic amines is 1. The van der Waals surface area contributed by atoms with Crippen LogP contribution in [0.3, 0.4) is 0 Å². The highest BCUT2D eigenvalue weighted by Crippen LogP contribution is 2.30. The maximum Gasteiger partial charge on any atom is 0.252 e. The van der Waals surface area contributed by atoms with Gasteiger partial charge in [0.25, 0.3) is 5.56 Å². The summed E-state index contributed by atoms with van der Waals surface area (Å²) in [6.07, 6.45) is 5.54. The van der Waals surface area contributed by atoms with Crippen molar-refractivity contribution in [3.8, 4) is 11.5 Å². The first-order valence-electron chi connectivity index (χ1n) is 10.6. The number of hydrogen-bond donors (Lipinski definition) is 2. The first-order valence-corrected chi connectivity index (χ1v) is 10.6. The standard InChI is InChI=1S/C22H30N4O3/c1-29-20-6-5-16(13-19(20)27)15-25-11-7-17(8-12-25)18-14-21(28)24-22(23-18)26-9-3-2-4-10-26/h5-6,13-14,17,27H,2-4,7-12,15H2,1H3,(H,23,24,28). The summed E-state index contributed by atoms with van der Waals surface area (Å²) in [5.74, 6) is 1.74. The number of nitrogens with zero attached hydrogens (tertiary/aromatic N) is 3. The van der Waals surface area contributed by atoms with Crippen LogP contribution in [-0.4, -0.2) is 53.3 Å². The number of phenolic OH excluding ortho intramolecular Hbond substituents is 1. The van der Waals surface area contributed by atoms with E-state index in [-0.39, 0.29) is 11.3 Å². The van der Waals surface area contributed by atoms with Gasteiger partial charge >= 0.3 is 0 Å². The number of methoxy groups -OCH3 is 1. The van der Waals surface area contributed by atoms with Gasteiger partial charge in [-0.05, 0) is 62.9 Å². The van der Waals surface area contributed by atoms with Crippen LogP contribution in [0, 0.1) is 0 Å². The first-order chi connectivity index (χ1) is 14.1. The van der Waals surface area contributed by atoms with Crippen molar-refractivity contribution in [3.05, 3.63) is 45.9 Å². The number of nitrogens with one attached hydrogen (secondary N) is 1. The van der Waals surface area contributed by atoms with Crippen molar-refractivity contribution in [1.29, 1.82) is 0 Å². The minimum atomic E-state index is -0.0493. The van der Waals surface area contributed by atoms with E-state index < -0.39 is 0 Å². The second kappa shape index (κ2) is 8.86. The molecular formula is C22H30N4O3. The van der Waals surface area contributed by atoms with Crippen LogP contribution in [-0.2, 0) is 6.54 Å². The molecule has 0 spiro atoms. The fourth-order valence-corrected chi connectivity index (χ4v) is 4.41. The molecule has 1 aromatic heterocycles. The van der Waals surface area contributed by atoms with Gasteiger partial charge in [0.1, 0.15) is 0 Å². The third-order valence-electron chi connectivity index (χ3n) is 6.06. The highest BCUT2D eigenvalue weighted by molar-refractivity contribution is 5.41. The second-order valence-electron chi connectivity index (χ2n) is 8.10. The van der Waals surface area contributed by atoms with Gasteiger partial charge in [-0.1, -0.05) is 6.07 Å². The molecule has 0 unspecified atom stereocenters. The van der Waals surface area contributed by atoms with Crippen LogP contribution >= 0.6 is 0 Å². The number of phenols is 1. The second-order valence-corrected chi connectivity index (χ2v) is 8.10. The van der Waals surface area contributed by atoms with Gasteiger partial charge in [-0.3, -0.25) is 14.7 Å². The molecule has 1 aromatic carbocycles. The van der Waals surface area contributed by atoms with E-state index in [9.17, 15) is 9.90 Å². The Balaban J connectivity index is 1.38. The SMILES string of the molecule is COc1ccc(CN2CCC(c3cc(=O)[nH]c(N4CCCCC4)n3)CC2)cc1O. The van der Waals surface area contributed by atoms with Crippen LogP contribution in [0.25, 0.3) is 0 Å². The Labute approximate surface area is 171 Å². The Hall–Kier alpha value is -2.54. The van der Waals surface area contributed by atoms with Crippen LogP contribution in [0.15, 0.2) is 29.1 Å². The Morgan fingerprint density at radius 1 is 1.14 bits per heavy atom. The molecule has 2 aliphatic heterocycles. The molecule has 2 aliphatic rings. The van der Waals surface area contributed by atoms with Crippen molar-refractivity contribution in [2.75, 3.05) is 38.2 Å². The number of rotatable bonds is 5. The quantitative estimate of drug-likeness (QED) is 0.806. The number of piperidine rings is 2. The Morgan fingerprint density at radius 3 is 2.59 bits per heavy atom. The van der Waals surface area contributed by atoms with Crippen molar-refractivity contribution in [2.24, 2.45) is 0 Å². The summed E-state index contributed by atoms with van der Waals surface area (Å²) in [4.78, 5) is 24.6. The predicted molar refractivity (Wildman–Crippen MR) is 113 cm³/mol. The van der Waals surface area contributed by atoms with E-state index in [1.54, 1.807) is 25.3 Å². The molecule has 7 nitrogen and oxygen atoms in total. The zero-order chi connectivity index (χ0) is 20.2. The minimum Gasteiger partial charge on any atom is -0.504 e. The molecule has 4 rings (SSSR count). The number of benzene rings is 1. The molecule has 29 heavy (non-hydrogen) atoms. The molecule has 7 heteroatoms. The van der Waals surface area contributed by atoms with E-state index in [0.717, 1.165) is 75.6 Å². The molecule has 2 fully saturated rings. The lowest BCUT2D eigenvalue weighted by Crippen LogP contribution is -2.35. The highest BCUT2D eigenvalue weighted by atomic mass is 16.5. The zero-order valence-corrected chi connectivity index (χ0v) is 17.1. The molecule has 0 amide bonds. The van der Waals surface area contributed by atoms with Gasteiger partial charge in [0.2, 0.25) is 5.95 Å². The maximum absolute atomic E-state index is 12.2. The molecule has 2 N–H and O–H groups in total. The predicted octanol–water partition coefficient (Wildman–Crippen LogP) is 2.85. The number of ether oxygens (including phenoxy) is 1. The molecule has 3 heterocycles. The third-order valence-corrected chi connectivity index (χ3v) is 6.06.